The highest BCUT2D eigenvalue weighted by Gasteiger charge is 2.40. The van der Waals surface area contributed by atoms with Crippen LogP contribution in [0.15, 0.2) is 12.1 Å². The number of rotatable bonds is 3. The molecule has 2 heterocycles. The zero-order chi connectivity index (χ0) is 13.5. The number of ether oxygens (including phenoxy) is 1. The fourth-order valence-corrected chi connectivity index (χ4v) is 2.92. The Morgan fingerprint density at radius 1 is 1.32 bits per heavy atom. The Kier molecular flexibility index (Phi) is 3.19. The molecular formula is C14H17F2NO2. The Bertz CT molecular complexity index is 483. The fourth-order valence-electron chi connectivity index (χ4n) is 2.92. The van der Waals surface area contributed by atoms with Gasteiger partial charge in [0.25, 0.3) is 0 Å². The Balaban J connectivity index is 1.90. The summed E-state index contributed by atoms with van der Waals surface area (Å²) in [5.41, 5.74) is 0.916. The quantitative estimate of drug-likeness (QED) is 0.907. The van der Waals surface area contributed by atoms with Crippen LogP contribution in [0.1, 0.15) is 12.0 Å². The van der Waals surface area contributed by atoms with Crippen LogP contribution in [0, 0.1) is 17.0 Å². The lowest BCUT2D eigenvalue weighted by molar-refractivity contribution is -0.131. The van der Waals surface area contributed by atoms with Gasteiger partial charge in [-0.1, -0.05) is 0 Å². The van der Waals surface area contributed by atoms with E-state index in [9.17, 15) is 13.9 Å². The fraction of sp³-hybridized carbons (Fsp3) is 0.571. The van der Waals surface area contributed by atoms with Crippen LogP contribution in [0.3, 0.4) is 0 Å². The Morgan fingerprint density at radius 2 is 2.11 bits per heavy atom. The zero-order valence-electron chi connectivity index (χ0n) is 10.7. The van der Waals surface area contributed by atoms with Gasteiger partial charge in [0.2, 0.25) is 0 Å². The first-order valence-corrected chi connectivity index (χ1v) is 6.55. The van der Waals surface area contributed by atoms with Crippen LogP contribution >= 0.6 is 0 Å². The van der Waals surface area contributed by atoms with Crippen LogP contribution in [0.4, 0.5) is 14.5 Å². The minimum absolute atomic E-state index is 0.0294. The number of nitrogens with zero attached hydrogens (tertiary/aromatic N) is 1. The zero-order valence-corrected chi connectivity index (χ0v) is 10.7. The molecule has 1 aromatic rings. The van der Waals surface area contributed by atoms with Crippen LogP contribution in [0.25, 0.3) is 0 Å². The van der Waals surface area contributed by atoms with Gasteiger partial charge < -0.3 is 14.7 Å². The van der Waals surface area contributed by atoms with E-state index in [1.807, 2.05) is 4.90 Å². The minimum atomic E-state index is -0.526. The van der Waals surface area contributed by atoms with Gasteiger partial charge in [-0.25, -0.2) is 8.78 Å². The molecule has 0 bridgehead atoms. The van der Waals surface area contributed by atoms with Crippen molar-refractivity contribution in [1.29, 1.82) is 0 Å². The summed E-state index contributed by atoms with van der Waals surface area (Å²) in [5, 5.41) is 9.47. The van der Waals surface area contributed by atoms with E-state index in [1.165, 1.54) is 6.07 Å². The summed E-state index contributed by atoms with van der Waals surface area (Å²) in [6.45, 7) is 2.31. The van der Waals surface area contributed by atoms with Crippen LogP contribution < -0.4 is 4.90 Å². The van der Waals surface area contributed by atoms with Crippen LogP contribution in [0.2, 0.25) is 0 Å². The van der Waals surface area contributed by atoms with Crippen LogP contribution in [0.5, 0.6) is 0 Å². The lowest BCUT2D eigenvalue weighted by Gasteiger charge is -2.45. The first kappa shape index (κ1) is 12.8. The molecule has 1 aromatic carbocycles. The van der Waals surface area contributed by atoms with E-state index >= 15 is 0 Å². The molecule has 0 amide bonds. The van der Waals surface area contributed by atoms with Crippen LogP contribution in [-0.4, -0.2) is 38.0 Å². The van der Waals surface area contributed by atoms with E-state index in [-0.39, 0.29) is 12.0 Å². The molecule has 3 nitrogen and oxygen atoms in total. The summed E-state index contributed by atoms with van der Waals surface area (Å²) in [7, 11) is 0. The monoisotopic (exact) mass is 269 g/mol. The lowest BCUT2D eigenvalue weighted by atomic mass is 9.85. The summed E-state index contributed by atoms with van der Waals surface area (Å²) in [4.78, 5) is 1.92. The van der Waals surface area contributed by atoms with E-state index in [2.05, 4.69) is 0 Å². The van der Waals surface area contributed by atoms with Crippen molar-refractivity contribution < 1.29 is 18.6 Å². The van der Waals surface area contributed by atoms with Crippen molar-refractivity contribution in [1.82, 2.24) is 0 Å². The largest absolute Gasteiger partial charge is 0.396 e. The number of aliphatic hydroxyl groups is 1. The SMILES string of the molecule is OCC1(CN2CCCc3cc(F)cc(F)c32)COC1. The average Bonchev–Trinajstić information content (AvgIpc) is 2.33. The maximum Gasteiger partial charge on any atom is 0.149 e. The Morgan fingerprint density at radius 3 is 2.74 bits per heavy atom. The molecule has 0 radical (unpaired) electrons. The molecule has 0 atom stereocenters. The molecule has 0 unspecified atom stereocenters. The molecule has 104 valence electrons. The molecule has 5 heteroatoms. The topological polar surface area (TPSA) is 32.7 Å². The van der Waals surface area contributed by atoms with Gasteiger partial charge in [-0.05, 0) is 24.5 Å². The smallest absolute Gasteiger partial charge is 0.149 e. The second-order valence-electron chi connectivity index (χ2n) is 5.57. The summed E-state index contributed by atoms with van der Waals surface area (Å²) < 4.78 is 32.4. The third-order valence-electron chi connectivity index (χ3n) is 3.98. The highest BCUT2D eigenvalue weighted by Crippen LogP contribution is 2.35. The first-order chi connectivity index (χ1) is 9.13. The number of aliphatic hydroxyl groups excluding tert-OH is 1. The number of halogens is 2. The predicted octanol–water partition coefficient (Wildman–Crippen LogP) is 1.73. The predicted molar refractivity (Wildman–Crippen MR) is 67.2 cm³/mol. The molecule has 2 aliphatic rings. The number of hydrogen-bond acceptors (Lipinski definition) is 3. The molecule has 1 fully saturated rings. The highest BCUT2D eigenvalue weighted by molar-refractivity contribution is 5.57. The molecule has 0 saturated carbocycles. The summed E-state index contributed by atoms with van der Waals surface area (Å²) >= 11 is 0. The van der Waals surface area contributed by atoms with Gasteiger partial charge in [0.1, 0.15) is 11.6 Å². The van der Waals surface area contributed by atoms with Crippen molar-refractivity contribution in [2.45, 2.75) is 12.8 Å². The minimum Gasteiger partial charge on any atom is -0.396 e. The molecule has 0 aromatic heterocycles. The number of aryl methyl sites for hydroxylation is 1. The van der Waals surface area contributed by atoms with Crippen molar-refractivity contribution >= 4 is 5.69 Å². The van der Waals surface area contributed by atoms with E-state index in [0.717, 1.165) is 24.6 Å². The third kappa shape index (κ3) is 2.21. The number of anilines is 1. The maximum absolute atomic E-state index is 14.0. The second-order valence-corrected chi connectivity index (χ2v) is 5.57. The molecule has 1 saturated heterocycles. The molecule has 0 spiro atoms. The van der Waals surface area contributed by atoms with Crippen molar-refractivity contribution in [3.05, 3.63) is 29.3 Å². The number of fused-ring (bicyclic) bond motifs is 1. The first-order valence-electron chi connectivity index (χ1n) is 6.55. The van der Waals surface area contributed by atoms with Gasteiger partial charge in [-0.15, -0.1) is 0 Å². The van der Waals surface area contributed by atoms with Crippen molar-refractivity contribution in [2.24, 2.45) is 5.41 Å². The molecule has 2 aliphatic heterocycles. The standard InChI is InChI=1S/C14H17F2NO2/c15-11-4-10-2-1-3-17(13(10)12(16)5-11)6-14(7-18)8-19-9-14/h4-5,18H,1-3,6-9H2. The Labute approximate surface area is 110 Å². The van der Waals surface area contributed by atoms with Gasteiger partial charge >= 0.3 is 0 Å². The van der Waals surface area contributed by atoms with Crippen molar-refractivity contribution in [3.8, 4) is 0 Å². The van der Waals surface area contributed by atoms with Gasteiger partial charge in [0.05, 0.1) is 30.9 Å². The van der Waals surface area contributed by atoms with Crippen LogP contribution in [-0.2, 0) is 11.2 Å². The van der Waals surface area contributed by atoms with Gasteiger partial charge in [0, 0.05) is 19.2 Å². The van der Waals surface area contributed by atoms with Crippen molar-refractivity contribution in [3.63, 3.8) is 0 Å². The molecule has 1 N–H and O–H groups in total. The normalized spacial score (nSPS) is 20.9. The summed E-state index contributed by atoms with van der Waals surface area (Å²) in [6, 6.07) is 2.34. The number of benzene rings is 1. The van der Waals surface area contributed by atoms with Gasteiger partial charge in [-0.2, -0.15) is 0 Å². The molecule has 3 rings (SSSR count). The molecular weight excluding hydrogens is 252 g/mol. The second kappa shape index (κ2) is 4.72. The average molecular weight is 269 g/mol. The summed E-state index contributed by atoms with van der Waals surface area (Å²) in [6.07, 6.45) is 1.57. The van der Waals surface area contributed by atoms with E-state index in [1.54, 1.807) is 0 Å². The highest BCUT2D eigenvalue weighted by atomic mass is 19.1. The van der Waals surface area contributed by atoms with Gasteiger partial charge in [0.15, 0.2) is 0 Å². The Hall–Kier alpha value is -1.20. The van der Waals surface area contributed by atoms with E-state index in [0.29, 0.717) is 31.9 Å². The van der Waals surface area contributed by atoms with E-state index in [4.69, 9.17) is 4.74 Å². The lowest BCUT2D eigenvalue weighted by Crippen LogP contribution is -2.54. The summed E-state index contributed by atoms with van der Waals surface area (Å²) in [5.74, 6) is -1.04. The molecule has 0 aliphatic carbocycles. The maximum atomic E-state index is 14.0. The number of hydrogen-bond donors (Lipinski definition) is 1. The van der Waals surface area contributed by atoms with Gasteiger partial charge in [-0.3, -0.25) is 0 Å². The third-order valence-corrected chi connectivity index (χ3v) is 3.98. The van der Waals surface area contributed by atoms with E-state index < -0.39 is 11.6 Å². The molecule has 19 heavy (non-hydrogen) atoms. The van der Waals surface area contributed by atoms with Crippen molar-refractivity contribution in [2.75, 3.05) is 37.8 Å².